The van der Waals surface area contributed by atoms with Crippen LogP contribution < -0.4 is 5.32 Å². The van der Waals surface area contributed by atoms with Crippen LogP contribution in [0.15, 0.2) is 10.7 Å². The minimum Gasteiger partial charge on any atom is -0.309 e. The molecule has 3 nitrogen and oxygen atoms in total. The summed E-state index contributed by atoms with van der Waals surface area (Å²) in [6.07, 6.45) is 7.17. The van der Waals surface area contributed by atoms with E-state index in [-0.39, 0.29) is 0 Å². The Morgan fingerprint density at radius 2 is 2.29 bits per heavy atom. The van der Waals surface area contributed by atoms with Gasteiger partial charge in [-0.3, -0.25) is 4.68 Å². The zero-order valence-electron chi connectivity index (χ0n) is 10.7. The highest BCUT2D eigenvalue weighted by Gasteiger charge is 2.28. The highest BCUT2D eigenvalue weighted by atomic mass is 79.9. The molecule has 0 saturated heterocycles. The molecule has 1 aromatic heterocycles. The van der Waals surface area contributed by atoms with Gasteiger partial charge in [0.05, 0.1) is 22.4 Å². The smallest absolute Gasteiger partial charge is 0.0695 e. The first-order valence-electron chi connectivity index (χ1n) is 6.70. The van der Waals surface area contributed by atoms with Gasteiger partial charge in [-0.1, -0.05) is 19.8 Å². The number of nitrogens with zero attached hydrogens (tertiary/aromatic N) is 2. The Bertz CT molecular complexity index is 358. The van der Waals surface area contributed by atoms with Crippen molar-refractivity contribution in [3.8, 4) is 0 Å². The van der Waals surface area contributed by atoms with Crippen LogP contribution in [0, 0.1) is 5.92 Å². The van der Waals surface area contributed by atoms with E-state index in [9.17, 15) is 0 Å². The van der Waals surface area contributed by atoms with E-state index in [4.69, 9.17) is 0 Å². The summed E-state index contributed by atoms with van der Waals surface area (Å²) in [6, 6.07) is 0.458. The standard InChI is InChI=1S/C13H22BrN3/c1-3-7-15-12(8-10-5-6-10)13-11(14)9-16-17(13)4-2/h9-10,12,15H,3-8H2,1-2H3. The van der Waals surface area contributed by atoms with Gasteiger partial charge in [-0.05, 0) is 48.2 Å². The average molecular weight is 300 g/mol. The predicted octanol–water partition coefficient (Wildman–Crippen LogP) is 3.51. The number of hydrogen-bond donors (Lipinski definition) is 1. The van der Waals surface area contributed by atoms with Gasteiger partial charge in [0.2, 0.25) is 0 Å². The highest BCUT2D eigenvalue weighted by Crippen LogP contribution is 2.39. The van der Waals surface area contributed by atoms with Crippen LogP contribution in [0.4, 0.5) is 0 Å². The van der Waals surface area contributed by atoms with Gasteiger partial charge < -0.3 is 5.32 Å². The molecule has 4 heteroatoms. The summed E-state index contributed by atoms with van der Waals surface area (Å²) < 4.78 is 3.26. The van der Waals surface area contributed by atoms with Crippen LogP contribution in [-0.2, 0) is 6.54 Å². The van der Waals surface area contributed by atoms with Crippen molar-refractivity contribution in [2.75, 3.05) is 6.54 Å². The topological polar surface area (TPSA) is 29.9 Å². The van der Waals surface area contributed by atoms with Gasteiger partial charge >= 0.3 is 0 Å². The second-order valence-electron chi connectivity index (χ2n) is 4.88. The van der Waals surface area contributed by atoms with Crippen molar-refractivity contribution in [1.29, 1.82) is 0 Å². The van der Waals surface area contributed by atoms with Crippen LogP contribution in [0.1, 0.15) is 51.3 Å². The summed E-state index contributed by atoms with van der Waals surface area (Å²) >= 11 is 3.64. The van der Waals surface area contributed by atoms with Gasteiger partial charge in [-0.2, -0.15) is 5.10 Å². The third-order valence-corrected chi connectivity index (χ3v) is 3.98. The monoisotopic (exact) mass is 299 g/mol. The van der Waals surface area contributed by atoms with E-state index in [0.29, 0.717) is 6.04 Å². The van der Waals surface area contributed by atoms with E-state index < -0.39 is 0 Å². The normalized spacial score (nSPS) is 17.4. The molecule has 1 aliphatic rings. The van der Waals surface area contributed by atoms with E-state index in [0.717, 1.165) is 23.5 Å². The fraction of sp³-hybridized carbons (Fsp3) is 0.769. The molecule has 1 N–H and O–H groups in total. The fourth-order valence-electron chi connectivity index (χ4n) is 2.27. The molecule has 0 spiro atoms. The number of aryl methyl sites for hydroxylation is 1. The fourth-order valence-corrected chi connectivity index (χ4v) is 2.84. The lowest BCUT2D eigenvalue weighted by Gasteiger charge is -2.20. The van der Waals surface area contributed by atoms with Crippen LogP contribution in [-0.4, -0.2) is 16.3 Å². The summed E-state index contributed by atoms with van der Waals surface area (Å²) in [4.78, 5) is 0. The van der Waals surface area contributed by atoms with Gasteiger partial charge in [0, 0.05) is 6.54 Å². The zero-order chi connectivity index (χ0) is 12.3. The number of hydrogen-bond acceptors (Lipinski definition) is 2. The van der Waals surface area contributed by atoms with E-state index in [1.807, 2.05) is 6.20 Å². The van der Waals surface area contributed by atoms with Crippen molar-refractivity contribution < 1.29 is 0 Å². The molecule has 96 valence electrons. The third-order valence-electron chi connectivity index (χ3n) is 3.37. The number of aromatic nitrogens is 2. The molecule has 1 fully saturated rings. The van der Waals surface area contributed by atoms with E-state index in [2.05, 4.69) is 44.9 Å². The van der Waals surface area contributed by atoms with Crippen LogP contribution in [0.25, 0.3) is 0 Å². The minimum atomic E-state index is 0.458. The summed E-state index contributed by atoms with van der Waals surface area (Å²) in [7, 11) is 0. The maximum absolute atomic E-state index is 4.42. The first-order chi connectivity index (χ1) is 8.26. The number of rotatable bonds is 7. The van der Waals surface area contributed by atoms with E-state index in [1.165, 1.54) is 31.4 Å². The van der Waals surface area contributed by atoms with Gasteiger partial charge in [0.15, 0.2) is 0 Å². The van der Waals surface area contributed by atoms with Crippen LogP contribution in [0.5, 0.6) is 0 Å². The third kappa shape index (κ3) is 3.32. The Morgan fingerprint density at radius 3 is 2.88 bits per heavy atom. The molecule has 1 heterocycles. The molecule has 0 aromatic carbocycles. The second kappa shape index (κ2) is 6.01. The molecule has 1 unspecified atom stereocenters. The van der Waals surface area contributed by atoms with Crippen molar-refractivity contribution >= 4 is 15.9 Å². The Hall–Kier alpha value is -0.350. The maximum atomic E-state index is 4.42. The lowest BCUT2D eigenvalue weighted by molar-refractivity contribution is 0.436. The molecule has 0 aliphatic heterocycles. The Balaban J connectivity index is 2.13. The molecule has 0 radical (unpaired) electrons. The lowest BCUT2D eigenvalue weighted by atomic mass is 10.1. The molecule has 1 atom stereocenters. The first-order valence-corrected chi connectivity index (χ1v) is 7.50. The minimum absolute atomic E-state index is 0.458. The van der Waals surface area contributed by atoms with Crippen LogP contribution >= 0.6 is 15.9 Å². The van der Waals surface area contributed by atoms with Crippen LogP contribution in [0.3, 0.4) is 0 Å². The molecule has 1 aromatic rings. The maximum Gasteiger partial charge on any atom is 0.0695 e. The van der Waals surface area contributed by atoms with Crippen LogP contribution in [0.2, 0.25) is 0 Å². The van der Waals surface area contributed by atoms with E-state index in [1.54, 1.807) is 0 Å². The predicted molar refractivity (Wildman–Crippen MR) is 74.0 cm³/mol. The average Bonchev–Trinajstić information content (AvgIpc) is 3.07. The first kappa shape index (κ1) is 13.1. The molecular formula is C13H22BrN3. The molecular weight excluding hydrogens is 278 g/mol. The van der Waals surface area contributed by atoms with Gasteiger partial charge in [0.25, 0.3) is 0 Å². The highest BCUT2D eigenvalue weighted by molar-refractivity contribution is 9.10. The van der Waals surface area contributed by atoms with Gasteiger partial charge in [-0.25, -0.2) is 0 Å². The molecule has 0 amide bonds. The molecule has 1 aliphatic carbocycles. The number of halogens is 1. The lowest BCUT2D eigenvalue weighted by Crippen LogP contribution is -2.25. The molecule has 0 bridgehead atoms. The Labute approximate surface area is 112 Å². The SMILES string of the molecule is CCCNC(CC1CC1)c1c(Br)cnn1CC. The van der Waals surface area contributed by atoms with Crippen molar-refractivity contribution in [2.24, 2.45) is 5.92 Å². The van der Waals surface area contributed by atoms with Gasteiger partial charge in [0.1, 0.15) is 0 Å². The Kier molecular flexibility index (Phi) is 4.62. The second-order valence-corrected chi connectivity index (χ2v) is 5.73. The van der Waals surface area contributed by atoms with Gasteiger partial charge in [-0.15, -0.1) is 0 Å². The van der Waals surface area contributed by atoms with Crippen molar-refractivity contribution in [1.82, 2.24) is 15.1 Å². The quantitative estimate of drug-likeness (QED) is 0.835. The largest absolute Gasteiger partial charge is 0.309 e. The summed E-state index contributed by atoms with van der Waals surface area (Å²) in [5, 5.41) is 8.09. The summed E-state index contributed by atoms with van der Waals surface area (Å²) in [6.45, 7) is 6.39. The van der Waals surface area contributed by atoms with E-state index >= 15 is 0 Å². The molecule has 17 heavy (non-hydrogen) atoms. The molecule has 2 rings (SSSR count). The van der Waals surface area contributed by atoms with Crippen molar-refractivity contribution in [3.63, 3.8) is 0 Å². The Morgan fingerprint density at radius 1 is 1.53 bits per heavy atom. The summed E-state index contributed by atoms with van der Waals surface area (Å²) in [5.74, 6) is 0.927. The van der Waals surface area contributed by atoms with Crippen molar-refractivity contribution in [3.05, 3.63) is 16.4 Å². The number of nitrogens with one attached hydrogen (secondary N) is 1. The summed E-state index contributed by atoms with van der Waals surface area (Å²) in [5.41, 5.74) is 1.33. The zero-order valence-corrected chi connectivity index (χ0v) is 12.3. The van der Waals surface area contributed by atoms with Crippen molar-refractivity contribution in [2.45, 2.75) is 52.1 Å². The molecule has 1 saturated carbocycles.